The summed E-state index contributed by atoms with van der Waals surface area (Å²) in [5, 5.41) is 2.70. The van der Waals surface area contributed by atoms with Crippen molar-refractivity contribution in [1.29, 1.82) is 0 Å². The van der Waals surface area contributed by atoms with Crippen LogP contribution in [0.25, 0.3) is 0 Å². The molecule has 1 aromatic rings. The molecule has 0 fully saturated rings. The second kappa shape index (κ2) is 5.53. The topological polar surface area (TPSA) is 67.0 Å². The van der Waals surface area contributed by atoms with Crippen LogP contribution in [0.1, 0.15) is 32.9 Å². The molecule has 1 aromatic heterocycles. The Morgan fingerprint density at radius 3 is 2.88 bits per heavy atom. The van der Waals surface area contributed by atoms with Gasteiger partial charge in [0.05, 0.1) is 12.0 Å². The van der Waals surface area contributed by atoms with E-state index in [2.05, 4.69) is 15.3 Å². The van der Waals surface area contributed by atoms with Crippen molar-refractivity contribution < 1.29 is 9.53 Å². The van der Waals surface area contributed by atoms with Gasteiger partial charge < -0.3 is 15.0 Å². The molecule has 0 saturated heterocycles. The number of ether oxygens (including phenoxy) is 1. The molecule has 0 aliphatic rings. The van der Waals surface area contributed by atoms with Crippen LogP contribution in [0.3, 0.4) is 0 Å². The molecule has 1 amide bonds. The molecule has 5 nitrogen and oxygen atoms in total. The van der Waals surface area contributed by atoms with Crippen molar-refractivity contribution in [2.45, 2.75) is 39.2 Å². The van der Waals surface area contributed by atoms with Crippen molar-refractivity contribution in [2.75, 3.05) is 6.54 Å². The summed E-state index contributed by atoms with van der Waals surface area (Å²) in [5.74, 6) is 0. The van der Waals surface area contributed by atoms with E-state index in [4.69, 9.17) is 4.74 Å². The Balaban J connectivity index is 2.09. The third kappa shape index (κ3) is 5.38. The van der Waals surface area contributed by atoms with Crippen molar-refractivity contribution in [3.05, 3.63) is 18.2 Å². The second-order valence-electron chi connectivity index (χ2n) is 4.59. The molecule has 1 rings (SSSR count). The van der Waals surface area contributed by atoms with Gasteiger partial charge in [0.2, 0.25) is 0 Å². The zero-order valence-corrected chi connectivity index (χ0v) is 10.0. The summed E-state index contributed by atoms with van der Waals surface area (Å²) in [4.78, 5) is 18.2. The highest BCUT2D eigenvalue weighted by Crippen LogP contribution is 2.06. The number of carbonyl (C=O) groups excluding carboxylic acids is 1. The number of nitrogens with zero attached hydrogens (tertiary/aromatic N) is 1. The number of imidazole rings is 1. The maximum atomic E-state index is 11.3. The lowest BCUT2D eigenvalue weighted by molar-refractivity contribution is 0.0527. The average Bonchev–Trinajstić information content (AvgIpc) is 2.62. The lowest BCUT2D eigenvalue weighted by atomic mass is 10.2. The number of alkyl carbamates (subject to hydrolysis) is 1. The van der Waals surface area contributed by atoms with E-state index in [1.54, 1.807) is 6.33 Å². The number of carbonyl (C=O) groups is 1. The number of H-pyrrole nitrogens is 1. The fourth-order valence-corrected chi connectivity index (χ4v) is 1.20. The number of hydrogen-bond donors (Lipinski definition) is 2. The summed E-state index contributed by atoms with van der Waals surface area (Å²) >= 11 is 0. The van der Waals surface area contributed by atoms with Crippen LogP contribution < -0.4 is 5.32 Å². The van der Waals surface area contributed by atoms with E-state index in [0.29, 0.717) is 6.54 Å². The highest BCUT2D eigenvalue weighted by atomic mass is 16.6. The first-order valence-electron chi connectivity index (χ1n) is 5.42. The molecule has 0 atom stereocenters. The third-order valence-electron chi connectivity index (χ3n) is 1.83. The predicted octanol–water partition coefficient (Wildman–Crippen LogP) is 1.87. The van der Waals surface area contributed by atoms with Crippen molar-refractivity contribution >= 4 is 6.09 Å². The number of rotatable bonds is 4. The highest BCUT2D eigenvalue weighted by molar-refractivity contribution is 5.67. The number of nitrogens with one attached hydrogen (secondary N) is 2. The Bertz CT molecular complexity index is 314. The van der Waals surface area contributed by atoms with Crippen LogP contribution in [0.4, 0.5) is 4.79 Å². The molecule has 5 heteroatoms. The van der Waals surface area contributed by atoms with E-state index in [0.717, 1.165) is 18.5 Å². The van der Waals surface area contributed by atoms with Crippen LogP contribution in [0.15, 0.2) is 12.5 Å². The SMILES string of the molecule is CC(C)(C)OC(=O)NCCCc1c[nH]cn1. The fraction of sp³-hybridized carbons (Fsp3) is 0.636. The van der Waals surface area contributed by atoms with Crippen LogP contribution in [-0.2, 0) is 11.2 Å². The van der Waals surface area contributed by atoms with Gasteiger partial charge in [0.1, 0.15) is 5.60 Å². The smallest absolute Gasteiger partial charge is 0.407 e. The first-order valence-corrected chi connectivity index (χ1v) is 5.42. The maximum absolute atomic E-state index is 11.3. The number of aromatic nitrogens is 2. The molecule has 0 aliphatic heterocycles. The highest BCUT2D eigenvalue weighted by Gasteiger charge is 2.15. The summed E-state index contributed by atoms with van der Waals surface area (Å²) in [7, 11) is 0. The van der Waals surface area contributed by atoms with E-state index >= 15 is 0 Å². The summed E-state index contributed by atoms with van der Waals surface area (Å²) in [6.07, 6.45) is 4.84. The third-order valence-corrected chi connectivity index (χ3v) is 1.83. The van der Waals surface area contributed by atoms with Gasteiger partial charge >= 0.3 is 6.09 Å². The molecule has 16 heavy (non-hydrogen) atoms. The van der Waals surface area contributed by atoms with Crippen LogP contribution >= 0.6 is 0 Å². The summed E-state index contributed by atoms with van der Waals surface area (Å²) in [5.41, 5.74) is 0.567. The van der Waals surface area contributed by atoms with Gasteiger partial charge in [-0.15, -0.1) is 0 Å². The average molecular weight is 225 g/mol. The summed E-state index contributed by atoms with van der Waals surface area (Å²) in [6.45, 7) is 6.13. The van der Waals surface area contributed by atoms with Crippen molar-refractivity contribution in [1.82, 2.24) is 15.3 Å². The molecule has 0 unspecified atom stereocenters. The molecule has 0 bridgehead atoms. The Morgan fingerprint density at radius 2 is 2.31 bits per heavy atom. The molecule has 2 N–H and O–H groups in total. The van der Waals surface area contributed by atoms with E-state index in [1.165, 1.54) is 0 Å². The van der Waals surface area contributed by atoms with Crippen LogP contribution in [0, 0.1) is 0 Å². The van der Waals surface area contributed by atoms with E-state index in [9.17, 15) is 4.79 Å². The summed E-state index contributed by atoms with van der Waals surface area (Å²) < 4.78 is 5.10. The predicted molar refractivity (Wildman–Crippen MR) is 61.1 cm³/mol. The molecule has 0 spiro atoms. The quantitative estimate of drug-likeness (QED) is 0.769. The van der Waals surface area contributed by atoms with Gasteiger partial charge in [-0.2, -0.15) is 0 Å². The second-order valence-corrected chi connectivity index (χ2v) is 4.59. The minimum atomic E-state index is -0.438. The Morgan fingerprint density at radius 1 is 1.56 bits per heavy atom. The largest absolute Gasteiger partial charge is 0.444 e. The van der Waals surface area contributed by atoms with E-state index in [1.807, 2.05) is 27.0 Å². The van der Waals surface area contributed by atoms with Crippen LogP contribution in [0.5, 0.6) is 0 Å². The molecule has 0 aliphatic carbocycles. The lowest BCUT2D eigenvalue weighted by Gasteiger charge is -2.19. The minimum absolute atomic E-state index is 0.366. The molecule has 0 saturated carbocycles. The van der Waals surface area contributed by atoms with Crippen molar-refractivity contribution in [3.8, 4) is 0 Å². The zero-order valence-electron chi connectivity index (χ0n) is 10.0. The molecule has 0 aromatic carbocycles. The van der Waals surface area contributed by atoms with Gasteiger partial charge in [-0.25, -0.2) is 9.78 Å². The summed E-state index contributed by atoms with van der Waals surface area (Å²) in [6, 6.07) is 0. The first-order chi connectivity index (χ1) is 7.47. The van der Waals surface area contributed by atoms with Gasteiger partial charge in [-0.05, 0) is 33.6 Å². The van der Waals surface area contributed by atoms with Gasteiger partial charge in [-0.3, -0.25) is 0 Å². The maximum Gasteiger partial charge on any atom is 0.407 e. The van der Waals surface area contributed by atoms with E-state index in [-0.39, 0.29) is 6.09 Å². The number of aryl methyl sites for hydroxylation is 1. The first kappa shape index (κ1) is 12.5. The number of hydrogen-bond acceptors (Lipinski definition) is 3. The number of amides is 1. The van der Waals surface area contributed by atoms with Crippen molar-refractivity contribution in [3.63, 3.8) is 0 Å². The van der Waals surface area contributed by atoms with Crippen LogP contribution in [0.2, 0.25) is 0 Å². The minimum Gasteiger partial charge on any atom is -0.444 e. The van der Waals surface area contributed by atoms with Crippen molar-refractivity contribution in [2.24, 2.45) is 0 Å². The van der Waals surface area contributed by atoms with Crippen LogP contribution in [-0.4, -0.2) is 28.2 Å². The van der Waals surface area contributed by atoms with Gasteiger partial charge in [-0.1, -0.05) is 0 Å². The van der Waals surface area contributed by atoms with Gasteiger partial charge in [0.15, 0.2) is 0 Å². The van der Waals surface area contributed by atoms with Gasteiger partial charge in [0, 0.05) is 12.7 Å². The molecule has 1 heterocycles. The Hall–Kier alpha value is -1.52. The standard InChI is InChI=1S/C11H19N3O2/c1-11(2,3)16-10(15)13-6-4-5-9-7-12-8-14-9/h7-8H,4-6H2,1-3H3,(H,12,14)(H,13,15). The Kier molecular flexibility index (Phi) is 4.34. The molecule has 0 radical (unpaired) electrons. The molecule has 90 valence electrons. The number of aromatic amines is 1. The fourth-order valence-electron chi connectivity index (χ4n) is 1.20. The Labute approximate surface area is 95.6 Å². The molecular weight excluding hydrogens is 206 g/mol. The monoisotopic (exact) mass is 225 g/mol. The van der Waals surface area contributed by atoms with Gasteiger partial charge in [0.25, 0.3) is 0 Å². The normalized spacial score (nSPS) is 11.2. The van der Waals surface area contributed by atoms with E-state index < -0.39 is 5.60 Å². The lowest BCUT2D eigenvalue weighted by Crippen LogP contribution is -2.33. The molecular formula is C11H19N3O2. The zero-order chi connectivity index (χ0) is 12.0.